The number of rotatable bonds is 52. The van der Waals surface area contributed by atoms with Crippen LogP contribution in [0, 0.1) is 0 Å². The van der Waals surface area contributed by atoms with Gasteiger partial charge in [-0.2, -0.15) is 0 Å². The molecule has 0 aliphatic carbocycles. The molecule has 0 spiro atoms. The second-order valence-electron chi connectivity index (χ2n) is 24.4. The number of phosphoric ester groups is 1. The molecule has 75 heavy (non-hydrogen) atoms. The van der Waals surface area contributed by atoms with Crippen molar-refractivity contribution in [2.75, 3.05) is 47.9 Å². The summed E-state index contributed by atoms with van der Waals surface area (Å²) < 4.78 is 16.7. The first-order valence-corrected chi connectivity index (χ1v) is 34.2. The van der Waals surface area contributed by atoms with E-state index in [-0.39, 0.29) is 6.61 Å². The van der Waals surface area contributed by atoms with Gasteiger partial charge in [-0.1, -0.05) is 332 Å². The number of nitrogens with zero attached hydrogens (tertiary/aromatic N) is 2. The number of phosphoric acid groups is 1. The molecule has 0 saturated carbocycles. The summed E-state index contributed by atoms with van der Waals surface area (Å²) in [4.78, 5) is 20.5. The Morgan fingerprint density at radius 1 is 0.320 bits per heavy atom. The highest BCUT2D eigenvalue weighted by molar-refractivity contribution is 7.43. The zero-order valence-corrected chi connectivity index (χ0v) is 52.3. The average molecular weight is 1070 g/mol. The van der Waals surface area contributed by atoms with Crippen molar-refractivity contribution in [3.8, 4) is 0 Å². The molecule has 0 aromatic heterocycles. The molecule has 2 rings (SSSR count). The lowest BCUT2D eigenvalue weighted by Crippen LogP contribution is -2.39. The molecule has 0 atom stereocenters. The minimum absolute atomic E-state index is 0.0444. The molecule has 0 unspecified atom stereocenters. The maximum Gasteiger partial charge on any atom is 0.104 e. The molecule has 0 aliphatic heterocycles. The molecule has 7 heteroatoms. The molecule has 0 amide bonds. The van der Waals surface area contributed by atoms with Crippen molar-refractivity contribution in [3.05, 3.63) is 71.8 Å². The van der Waals surface area contributed by atoms with Crippen molar-refractivity contribution >= 4 is 7.82 Å². The minimum Gasteiger partial charge on any atom is -0.790 e. The molecule has 0 heterocycles. The van der Waals surface area contributed by atoms with Crippen LogP contribution < -0.4 is 9.79 Å². The summed E-state index contributed by atoms with van der Waals surface area (Å²) in [6.45, 7) is 11.8. The van der Waals surface area contributed by atoms with Crippen molar-refractivity contribution < 1.29 is 27.8 Å². The molecule has 440 valence electrons. The molecular formula is C68H129N2O4P. The second kappa shape index (κ2) is 54.4. The molecule has 0 fully saturated rings. The van der Waals surface area contributed by atoms with E-state index in [4.69, 9.17) is 0 Å². The Bertz CT molecular complexity index is 1370. The van der Waals surface area contributed by atoms with E-state index in [0.717, 1.165) is 34.9 Å². The first-order chi connectivity index (χ1) is 36.3. The minimum atomic E-state index is -4.76. The Kier molecular flexibility index (Phi) is 53.3. The van der Waals surface area contributed by atoms with Gasteiger partial charge in [-0.3, -0.25) is 0 Å². The van der Waals surface area contributed by atoms with Gasteiger partial charge in [0.15, 0.2) is 0 Å². The lowest BCUT2D eigenvalue weighted by atomic mass is 10.0. The van der Waals surface area contributed by atoms with Gasteiger partial charge < -0.3 is 27.8 Å². The van der Waals surface area contributed by atoms with Gasteiger partial charge in [0.1, 0.15) is 13.1 Å². The molecular weight excluding hydrogens is 940 g/mol. The first kappa shape index (κ1) is 73.5. The molecule has 0 saturated heterocycles. The third-order valence-electron chi connectivity index (χ3n) is 15.4. The number of hydrogen-bond acceptors (Lipinski definition) is 4. The maximum atomic E-state index is 10.2. The zero-order chi connectivity index (χ0) is 55.1. The van der Waals surface area contributed by atoms with Gasteiger partial charge in [0, 0.05) is 11.1 Å². The van der Waals surface area contributed by atoms with E-state index in [0.29, 0.717) is 6.42 Å². The molecule has 0 radical (unpaired) electrons. The van der Waals surface area contributed by atoms with E-state index in [2.05, 4.69) is 114 Å². The van der Waals surface area contributed by atoms with Crippen molar-refractivity contribution in [2.24, 2.45) is 0 Å². The van der Waals surface area contributed by atoms with E-state index >= 15 is 0 Å². The molecule has 0 N–H and O–H groups in total. The second-order valence-corrected chi connectivity index (χ2v) is 25.5. The van der Waals surface area contributed by atoms with Gasteiger partial charge in [0.25, 0.3) is 0 Å². The Balaban J connectivity index is 0.00000110. The van der Waals surface area contributed by atoms with Crippen molar-refractivity contribution in [2.45, 2.75) is 316 Å². The molecule has 2 aromatic carbocycles. The van der Waals surface area contributed by atoms with Crippen LogP contribution in [0.15, 0.2) is 60.7 Å². The van der Waals surface area contributed by atoms with Gasteiger partial charge in [0.2, 0.25) is 0 Å². The SMILES string of the molecule is CCCCCCCCCCCCCCCCCCOP(=O)([O-])[O-].CCCCCCCCCCCCCCCC[N+](C)(C)Cc1ccccc1.CCCCCCCCCCCCCCCC[N+](C)(C)Cc1ccccc1. The first-order valence-electron chi connectivity index (χ1n) is 32.7. The Labute approximate surface area is 469 Å². The number of benzene rings is 2. The Morgan fingerprint density at radius 3 is 0.733 bits per heavy atom. The summed E-state index contributed by atoms with van der Waals surface area (Å²) in [7, 11) is 4.73. The normalized spacial score (nSPS) is 11.9. The van der Waals surface area contributed by atoms with E-state index < -0.39 is 7.82 Å². The number of quaternary nitrogens is 2. The summed E-state index contributed by atoms with van der Waals surface area (Å²) in [5.74, 6) is 0. The monoisotopic (exact) mass is 1070 g/mol. The summed E-state index contributed by atoms with van der Waals surface area (Å²) >= 11 is 0. The third kappa shape index (κ3) is 58.4. The number of hydrogen-bond donors (Lipinski definition) is 0. The predicted octanol–water partition coefficient (Wildman–Crippen LogP) is 20.6. The third-order valence-corrected chi connectivity index (χ3v) is 15.9. The van der Waals surface area contributed by atoms with Crippen LogP contribution in [-0.4, -0.2) is 56.9 Å². The van der Waals surface area contributed by atoms with Crippen molar-refractivity contribution in [3.63, 3.8) is 0 Å². The number of unbranched alkanes of at least 4 members (excludes halogenated alkanes) is 41. The highest BCUT2D eigenvalue weighted by Gasteiger charge is 2.16. The average Bonchev–Trinajstić information content (AvgIpc) is 3.38. The molecule has 0 bridgehead atoms. The highest BCUT2D eigenvalue weighted by atomic mass is 31.2. The largest absolute Gasteiger partial charge is 0.790 e. The van der Waals surface area contributed by atoms with Crippen molar-refractivity contribution in [1.82, 2.24) is 0 Å². The fourth-order valence-electron chi connectivity index (χ4n) is 10.6. The lowest BCUT2D eigenvalue weighted by Gasteiger charge is -2.30. The summed E-state index contributed by atoms with van der Waals surface area (Å²) in [5, 5.41) is 0. The smallest absolute Gasteiger partial charge is 0.104 e. The molecule has 6 nitrogen and oxygen atoms in total. The van der Waals surface area contributed by atoms with Gasteiger partial charge >= 0.3 is 0 Å². The quantitative estimate of drug-likeness (QED) is 0.0376. The molecule has 2 aromatic rings. The summed E-state index contributed by atoms with van der Waals surface area (Å²) in [5.41, 5.74) is 2.92. The Hall–Kier alpha value is -1.53. The molecule has 0 aliphatic rings. The van der Waals surface area contributed by atoms with Crippen LogP contribution >= 0.6 is 7.82 Å². The fourth-order valence-corrected chi connectivity index (χ4v) is 11.0. The van der Waals surface area contributed by atoms with Crippen LogP contribution in [0.5, 0.6) is 0 Å². The van der Waals surface area contributed by atoms with E-state index in [1.54, 1.807) is 0 Å². The van der Waals surface area contributed by atoms with Crippen LogP contribution in [0.25, 0.3) is 0 Å². The lowest BCUT2D eigenvalue weighted by molar-refractivity contribution is -0.903. The van der Waals surface area contributed by atoms with E-state index in [1.165, 1.54) is 287 Å². The van der Waals surface area contributed by atoms with Crippen LogP contribution in [0.1, 0.15) is 314 Å². The summed E-state index contributed by atoms with van der Waals surface area (Å²) in [6.07, 6.45) is 60.7. The van der Waals surface area contributed by atoms with Crippen LogP contribution in [-0.2, 0) is 22.2 Å². The van der Waals surface area contributed by atoms with Gasteiger partial charge in [-0.05, 0) is 32.1 Å². The van der Waals surface area contributed by atoms with Gasteiger partial charge in [-0.25, -0.2) is 0 Å². The van der Waals surface area contributed by atoms with Crippen molar-refractivity contribution in [1.29, 1.82) is 0 Å². The van der Waals surface area contributed by atoms with E-state index in [1.807, 2.05) is 0 Å². The highest BCUT2D eigenvalue weighted by Crippen LogP contribution is 2.25. The predicted molar refractivity (Wildman–Crippen MR) is 328 cm³/mol. The summed E-state index contributed by atoms with van der Waals surface area (Å²) in [6, 6.07) is 21.9. The van der Waals surface area contributed by atoms with Gasteiger partial charge in [0.05, 0.1) is 55.7 Å². The zero-order valence-electron chi connectivity index (χ0n) is 51.4. The Morgan fingerprint density at radius 2 is 0.520 bits per heavy atom. The maximum absolute atomic E-state index is 10.2. The van der Waals surface area contributed by atoms with Crippen LogP contribution in [0.4, 0.5) is 0 Å². The van der Waals surface area contributed by atoms with E-state index in [9.17, 15) is 14.4 Å². The fraction of sp³-hybridized carbons (Fsp3) is 0.824. The standard InChI is InChI=1S/2C25H46N.C18H39O4P/c2*1-4-5-6-7-8-9-10-11-12-13-14-15-16-20-23-26(2,3)24-25-21-18-17-19-22-25;1-2-3-4-5-6-7-8-9-10-11-12-13-14-15-16-17-18-22-23(19,20)21/h2*17-19,21-22H,4-16,20,23-24H2,1-3H3;2-18H2,1H3,(H2,19,20,21)/q2*+1;/p-2. The van der Waals surface area contributed by atoms with Crippen LogP contribution in [0.2, 0.25) is 0 Å². The van der Waals surface area contributed by atoms with Gasteiger partial charge in [-0.15, -0.1) is 0 Å². The van der Waals surface area contributed by atoms with Crippen LogP contribution in [0.3, 0.4) is 0 Å². The topological polar surface area (TPSA) is 72.4 Å².